The first-order chi connectivity index (χ1) is 6.81. The van der Waals surface area contributed by atoms with E-state index in [0.717, 1.165) is 11.1 Å². The summed E-state index contributed by atoms with van der Waals surface area (Å²) in [6, 6.07) is 5.54. The van der Waals surface area contributed by atoms with E-state index < -0.39 is 0 Å². The van der Waals surface area contributed by atoms with Crippen molar-refractivity contribution in [1.29, 1.82) is 0 Å². The molecule has 0 bridgehead atoms. The van der Waals surface area contributed by atoms with E-state index in [2.05, 4.69) is 0 Å². The number of carbonyl (C=O) groups is 1. The Morgan fingerprint density at radius 2 is 2.36 bits per heavy atom. The first-order valence-corrected chi connectivity index (χ1v) is 4.38. The highest BCUT2D eigenvalue weighted by Gasteiger charge is 2.20. The second-order valence-electron chi connectivity index (χ2n) is 3.08. The molecule has 1 aromatic rings. The van der Waals surface area contributed by atoms with Crippen molar-refractivity contribution in [1.82, 2.24) is 0 Å². The summed E-state index contributed by atoms with van der Waals surface area (Å²) in [5.41, 5.74) is 2.46. The van der Waals surface area contributed by atoms with Crippen LogP contribution in [0.5, 0.6) is 0 Å². The summed E-state index contributed by atoms with van der Waals surface area (Å²) in [7, 11) is 0. The maximum atomic E-state index is 11.2. The van der Waals surface area contributed by atoms with Gasteiger partial charge in [0.2, 0.25) is 0 Å². The Labute approximate surface area is 81.6 Å². The highest BCUT2D eigenvalue weighted by atomic mass is 16.5. The fourth-order valence-corrected chi connectivity index (χ4v) is 1.42. The zero-order valence-electron chi connectivity index (χ0n) is 7.56. The van der Waals surface area contributed by atoms with E-state index in [1.54, 1.807) is 18.2 Å². The minimum absolute atomic E-state index is 0.00152. The molecule has 3 nitrogen and oxygen atoms in total. The molecular weight excluding hydrogens is 180 g/mol. The third-order valence-electron chi connectivity index (χ3n) is 2.13. The normalized spacial score (nSPS) is 14.5. The van der Waals surface area contributed by atoms with Gasteiger partial charge in [-0.2, -0.15) is 0 Å². The van der Waals surface area contributed by atoms with Crippen LogP contribution in [0.25, 0.3) is 6.08 Å². The van der Waals surface area contributed by atoms with Gasteiger partial charge in [0, 0.05) is 5.56 Å². The average Bonchev–Trinajstić information content (AvgIpc) is 2.57. The minimum Gasteiger partial charge on any atom is -0.457 e. The van der Waals surface area contributed by atoms with E-state index in [1.807, 2.05) is 12.1 Å². The Balaban J connectivity index is 2.35. The molecule has 0 fully saturated rings. The Kier molecular flexibility index (Phi) is 2.33. The van der Waals surface area contributed by atoms with Crippen LogP contribution in [0.1, 0.15) is 21.5 Å². The van der Waals surface area contributed by atoms with Gasteiger partial charge < -0.3 is 9.84 Å². The van der Waals surface area contributed by atoms with Crippen LogP contribution < -0.4 is 0 Å². The van der Waals surface area contributed by atoms with Crippen molar-refractivity contribution in [3.63, 3.8) is 0 Å². The summed E-state index contributed by atoms with van der Waals surface area (Å²) < 4.78 is 4.87. The van der Waals surface area contributed by atoms with Crippen LogP contribution in [-0.2, 0) is 11.3 Å². The van der Waals surface area contributed by atoms with Crippen LogP contribution in [-0.4, -0.2) is 17.7 Å². The second kappa shape index (κ2) is 3.64. The molecular formula is C11H10O3. The number of cyclic esters (lactones) is 1. The molecule has 1 aliphatic heterocycles. The number of aliphatic hydroxyl groups excluding tert-OH is 1. The molecule has 0 unspecified atom stereocenters. The summed E-state index contributed by atoms with van der Waals surface area (Å²) in [5.74, 6) is -0.265. The van der Waals surface area contributed by atoms with E-state index in [0.29, 0.717) is 12.2 Å². The maximum Gasteiger partial charge on any atom is 0.338 e. The van der Waals surface area contributed by atoms with Crippen molar-refractivity contribution >= 4 is 12.0 Å². The van der Waals surface area contributed by atoms with Crippen LogP contribution in [0, 0.1) is 0 Å². The van der Waals surface area contributed by atoms with Crippen molar-refractivity contribution in [2.75, 3.05) is 6.61 Å². The van der Waals surface area contributed by atoms with Gasteiger partial charge in [-0.05, 0) is 11.6 Å². The highest BCUT2D eigenvalue weighted by Crippen LogP contribution is 2.21. The lowest BCUT2D eigenvalue weighted by Crippen LogP contribution is -1.93. The molecule has 1 aliphatic rings. The van der Waals surface area contributed by atoms with Gasteiger partial charge >= 0.3 is 5.97 Å². The number of carbonyl (C=O) groups excluding carboxylic acids is 1. The molecule has 0 radical (unpaired) electrons. The lowest BCUT2D eigenvalue weighted by Gasteiger charge is -1.96. The van der Waals surface area contributed by atoms with E-state index in [-0.39, 0.29) is 12.6 Å². The van der Waals surface area contributed by atoms with Crippen molar-refractivity contribution in [3.8, 4) is 0 Å². The number of hydrogen-bond acceptors (Lipinski definition) is 3. The quantitative estimate of drug-likeness (QED) is 0.716. The predicted molar refractivity (Wildman–Crippen MR) is 51.7 cm³/mol. The fraction of sp³-hybridized carbons (Fsp3) is 0.182. The zero-order valence-corrected chi connectivity index (χ0v) is 7.56. The van der Waals surface area contributed by atoms with Crippen molar-refractivity contribution < 1.29 is 14.6 Å². The molecule has 0 spiro atoms. The Bertz CT molecular complexity index is 394. The van der Waals surface area contributed by atoms with Crippen LogP contribution >= 0.6 is 0 Å². The van der Waals surface area contributed by atoms with E-state index in [9.17, 15) is 4.79 Å². The minimum atomic E-state index is -0.265. The van der Waals surface area contributed by atoms with E-state index in [1.165, 1.54) is 0 Å². The zero-order chi connectivity index (χ0) is 9.97. The van der Waals surface area contributed by atoms with Crippen LogP contribution in [0.3, 0.4) is 0 Å². The lowest BCUT2D eigenvalue weighted by molar-refractivity contribution is 0.0535. The van der Waals surface area contributed by atoms with Crippen LogP contribution in [0.2, 0.25) is 0 Å². The molecule has 1 aromatic carbocycles. The molecule has 0 aliphatic carbocycles. The molecule has 0 atom stereocenters. The molecule has 14 heavy (non-hydrogen) atoms. The Hall–Kier alpha value is -1.61. The van der Waals surface area contributed by atoms with Crippen LogP contribution in [0.4, 0.5) is 0 Å². The summed E-state index contributed by atoms with van der Waals surface area (Å²) in [4.78, 5) is 11.2. The maximum absolute atomic E-state index is 11.2. The fourth-order valence-electron chi connectivity index (χ4n) is 1.42. The largest absolute Gasteiger partial charge is 0.457 e. The lowest BCUT2D eigenvalue weighted by atomic mass is 10.1. The number of hydrogen-bond donors (Lipinski definition) is 1. The number of ether oxygens (including phenoxy) is 1. The Morgan fingerprint density at radius 3 is 3.14 bits per heavy atom. The van der Waals surface area contributed by atoms with Gasteiger partial charge in [-0.15, -0.1) is 0 Å². The number of esters is 1. The van der Waals surface area contributed by atoms with Gasteiger partial charge in [-0.1, -0.05) is 24.3 Å². The van der Waals surface area contributed by atoms with Gasteiger partial charge in [0.25, 0.3) is 0 Å². The third kappa shape index (κ3) is 1.54. The molecule has 0 aromatic heterocycles. The predicted octanol–water partition coefficient (Wildman–Crippen LogP) is 1.36. The summed E-state index contributed by atoms with van der Waals surface area (Å²) >= 11 is 0. The van der Waals surface area contributed by atoms with Gasteiger partial charge in [0.05, 0.1) is 12.2 Å². The SMILES string of the molecule is O=C1OCc2ccc(C=CCO)cc21. The number of fused-ring (bicyclic) bond motifs is 1. The first-order valence-electron chi connectivity index (χ1n) is 4.38. The molecule has 0 saturated heterocycles. The summed E-state index contributed by atoms with van der Waals surface area (Å²) in [5, 5.41) is 8.59. The highest BCUT2D eigenvalue weighted by molar-refractivity contribution is 5.94. The van der Waals surface area contributed by atoms with Gasteiger partial charge in [-0.3, -0.25) is 0 Å². The van der Waals surface area contributed by atoms with E-state index in [4.69, 9.17) is 9.84 Å². The molecule has 1 heterocycles. The molecule has 0 saturated carbocycles. The molecule has 1 N–H and O–H groups in total. The number of rotatable bonds is 2. The van der Waals surface area contributed by atoms with Gasteiger partial charge in [0.15, 0.2) is 0 Å². The van der Waals surface area contributed by atoms with Gasteiger partial charge in [0.1, 0.15) is 6.61 Å². The topological polar surface area (TPSA) is 46.5 Å². The number of aliphatic hydroxyl groups is 1. The smallest absolute Gasteiger partial charge is 0.338 e. The standard InChI is InChI=1S/C11H10O3/c12-5-1-2-8-3-4-9-7-14-11(13)10(9)6-8/h1-4,6,12H,5,7H2. The first kappa shape index (κ1) is 8.97. The van der Waals surface area contributed by atoms with Crippen LogP contribution in [0.15, 0.2) is 24.3 Å². The third-order valence-corrected chi connectivity index (χ3v) is 2.13. The number of benzene rings is 1. The molecule has 2 rings (SSSR count). The van der Waals surface area contributed by atoms with Gasteiger partial charge in [-0.25, -0.2) is 4.79 Å². The average molecular weight is 190 g/mol. The van der Waals surface area contributed by atoms with Crippen molar-refractivity contribution in [2.24, 2.45) is 0 Å². The monoisotopic (exact) mass is 190 g/mol. The Morgan fingerprint density at radius 1 is 1.50 bits per heavy atom. The molecule has 3 heteroatoms. The van der Waals surface area contributed by atoms with Crippen molar-refractivity contribution in [2.45, 2.75) is 6.61 Å². The summed E-state index contributed by atoms with van der Waals surface area (Å²) in [6.45, 7) is 0.375. The van der Waals surface area contributed by atoms with E-state index >= 15 is 0 Å². The van der Waals surface area contributed by atoms with Crippen molar-refractivity contribution in [3.05, 3.63) is 41.0 Å². The molecule has 72 valence electrons. The second-order valence-corrected chi connectivity index (χ2v) is 3.08. The summed E-state index contributed by atoms with van der Waals surface area (Å²) in [6.07, 6.45) is 3.40. The molecule has 0 amide bonds.